The van der Waals surface area contributed by atoms with Crippen molar-refractivity contribution in [1.29, 1.82) is 0 Å². The largest absolute Gasteiger partial charge is 0.478 e. The number of pyridine rings is 2. The van der Waals surface area contributed by atoms with E-state index in [1.54, 1.807) is 58.4 Å². The van der Waals surface area contributed by atoms with Gasteiger partial charge in [0.1, 0.15) is 10.3 Å². The van der Waals surface area contributed by atoms with Crippen molar-refractivity contribution < 1.29 is 41.0 Å². The van der Waals surface area contributed by atoms with Crippen LogP contribution < -0.4 is 19.3 Å². The molecule has 2 atom stereocenters. The number of hydrogen-bond acceptors (Lipinski definition) is 14. The molecule has 0 aromatic carbocycles. The number of carboxylic acid groups (broad SMARTS) is 1. The molecular weight excluding hydrogens is 1190 g/mol. The van der Waals surface area contributed by atoms with E-state index in [1.165, 1.54) is 130 Å². The highest BCUT2D eigenvalue weighted by atomic mass is 35.5. The van der Waals surface area contributed by atoms with Gasteiger partial charge in [0.2, 0.25) is 11.8 Å². The molecule has 2 unspecified atom stereocenters. The van der Waals surface area contributed by atoms with Gasteiger partial charge in [-0.3, -0.25) is 14.2 Å². The number of aromatic carboxylic acids is 1. The molecule has 0 bridgehead atoms. The number of rotatable bonds is 23. The number of amides is 1. The first-order chi connectivity index (χ1) is 41.3. The van der Waals surface area contributed by atoms with Gasteiger partial charge < -0.3 is 14.6 Å². The molecule has 0 aliphatic heterocycles. The van der Waals surface area contributed by atoms with E-state index < -0.39 is 31.9 Å². The van der Waals surface area contributed by atoms with E-state index in [0.29, 0.717) is 81.6 Å². The van der Waals surface area contributed by atoms with Gasteiger partial charge in [0.05, 0.1) is 24.3 Å². The van der Waals surface area contributed by atoms with Crippen molar-refractivity contribution in [2.75, 3.05) is 13.2 Å². The van der Waals surface area contributed by atoms with Crippen LogP contribution in [-0.2, 0) is 33.1 Å². The quantitative estimate of drug-likeness (QED) is 0.0503. The Balaban J connectivity index is 0.000000141. The number of nitrogens with zero attached hydrogens (tertiary/aromatic N) is 10. The summed E-state index contributed by atoms with van der Waals surface area (Å²) in [6.45, 7) is 12.0. The number of carbonyl (C=O) groups is 2. The maximum Gasteiger partial charge on any atom is 0.338 e. The van der Waals surface area contributed by atoms with E-state index in [2.05, 4.69) is 62.8 Å². The average molecular weight is 1270 g/mol. The standard InChI is InChI=1S/C31H39ClN6O4S.C18H18ClN3O3.C13H23N3O2S/c1-29(2)11-7-21(20-29)4-3-16-37-17-9-26(35-37)43(40,41)36-28(39)22-5-6-24(33-27(22)32)38-18-8-25(34-38)42-19-10-23-30(12-13-30)31(23)14-15-31;19-15-11(16(23)24)1-2-13(20-15)22-9-3-14(21-22)25-10-4-12-17(5-6-17)18(12)7-8-18;1-13(2)7-5-11(10-13)4-3-8-16-9-6-12(15-16)19(14,17)18/h5-6,8-9,17-18,21,23H,3-4,7,10-16,19-20H2,1-2H3,(H,36,39);1-3,9,12H,4-8,10H2,(H,23,24);6,9,11H,3-5,7-8,10H2,1-2H3,(H2,14,17,18). The molecule has 21 nitrogen and oxygen atoms in total. The molecule has 6 aromatic heterocycles. The third-order valence-corrected chi connectivity index (χ3v) is 23.5. The summed E-state index contributed by atoms with van der Waals surface area (Å²) in [4.78, 5) is 32.2. The molecular formula is C62H80Cl2N12O9S2. The van der Waals surface area contributed by atoms with E-state index in [-0.39, 0.29) is 31.5 Å². The van der Waals surface area contributed by atoms with Crippen LogP contribution in [0, 0.1) is 56.2 Å². The Morgan fingerprint density at radius 1 is 0.586 bits per heavy atom. The summed E-state index contributed by atoms with van der Waals surface area (Å²) >= 11 is 12.2. The zero-order valence-electron chi connectivity index (χ0n) is 50.0. The first-order valence-corrected chi connectivity index (χ1v) is 34.7. The lowest BCUT2D eigenvalue weighted by molar-refractivity contribution is 0.0696. The van der Waals surface area contributed by atoms with E-state index in [4.69, 9.17) is 42.9 Å². The van der Waals surface area contributed by atoms with E-state index in [1.807, 2.05) is 0 Å². The molecule has 0 radical (unpaired) electrons. The van der Waals surface area contributed by atoms with Crippen LogP contribution in [0.3, 0.4) is 0 Å². The smallest absolute Gasteiger partial charge is 0.338 e. The van der Waals surface area contributed by atoms with Crippen LogP contribution in [0.15, 0.2) is 83.4 Å². The molecule has 8 saturated carbocycles. The summed E-state index contributed by atoms with van der Waals surface area (Å²) in [5.41, 5.74) is 3.57. The Bertz CT molecular complexity index is 3750. The summed E-state index contributed by atoms with van der Waals surface area (Å²) in [5.74, 6) is 3.12. The molecule has 8 aliphatic carbocycles. The highest BCUT2D eigenvalue weighted by Crippen LogP contribution is 2.94. The fourth-order valence-electron chi connectivity index (χ4n) is 15.9. The molecule has 4 spiro atoms. The van der Waals surface area contributed by atoms with Crippen molar-refractivity contribution in [3.8, 4) is 23.4 Å². The van der Waals surface area contributed by atoms with Crippen LogP contribution >= 0.6 is 23.2 Å². The molecule has 8 fully saturated rings. The number of halogens is 2. The Morgan fingerprint density at radius 2 is 1.01 bits per heavy atom. The average Bonchev–Trinajstić information content (AvgIpc) is 1.46. The van der Waals surface area contributed by atoms with E-state index in [9.17, 15) is 26.4 Å². The van der Waals surface area contributed by atoms with Gasteiger partial charge in [-0.25, -0.2) is 42.4 Å². The lowest BCUT2D eigenvalue weighted by Gasteiger charge is -2.17. The van der Waals surface area contributed by atoms with Gasteiger partial charge in [0.15, 0.2) is 21.7 Å². The van der Waals surface area contributed by atoms with Crippen molar-refractivity contribution in [2.24, 2.45) is 61.3 Å². The zero-order valence-corrected chi connectivity index (χ0v) is 53.2. The third kappa shape index (κ3) is 13.1. The molecule has 6 aromatic rings. The van der Waals surface area contributed by atoms with Gasteiger partial charge in [-0.1, -0.05) is 50.9 Å². The van der Waals surface area contributed by atoms with Crippen LogP contribution in [0.2, 0.25) is 10.3 Å². The van der Waals surface area contributed by atoms with Crippen molar-refractivity contribution >= 4 is 55.1 Å². The number of carboxylic acids is 1. The minimum Gasteiger partial charge on any atom is -0.478 e. The second-order valence-corrected chi connectivity index (χ2v) is 31.5. The fraction of sp³-hybridized carbons (Fsp3) is 0.613. The van der Waals surface area contributed by atoms with Crippen LogP contribution in [0.25, 0.3) is 11.6 Å². The first kappa shape index (κ1) is 61.4. The summed E-state index contributed by atoms with van der Waals surface area (Å²) in [6, 6.07) is 12.4. The number of aryl methyl sites for hydroxylation is 2. The SMILES string of the molecule is CC1(C)CCC(CCCn2ccc(S(=O)(=O)NC(=O)c3ccc(-n4ccc(OCCC5C6(CC6)C56CC6)n4)nc3Cl)n2)C1.CC1(C)CCC(CCCn2ccc(S(N)(=O)=O)n2)C1.O=C(O)c1ccc(-n2ccc(OCCC3C4(CC4)C34CC4)n2)nc1Cl. The van der Waals surface area contributed by atoms with Gasteiger partial charge in [0, 0.05) is 50.0 Å². The minimum atomic E-state index is -4.19. The van der Waals surface area contributed by atoms with Crippen molar-refractivity contribution in [2.45, 2.75) is 179 Å². The van der Waals surface area contributed by atoms with Crippen LogP contribution in [-0.4, -0.2) is 96.1 Å². The number of carbonyl (C=O) groups excluding carboxylic acids is 1. The number of sulfonamides is 2. The summed E-state index contributed by atoms with van der Waals surface area (Å²) in [7, 11) is -7.86. The molecule has 0 saturated heterocycles. The maximum absolute atomic E-state index is 12.9. The van der Waals surface area contributed by atoms with Crippen LogP contribution in [0.5, 0.6) is 11.8 Å². The highest BCUT2D eigenvalue weighted by molar-refractivity contribution is 7.90. The number of hydrogen-bond donors (Lipinski definition) is 3. The van der Waals surface area contributed by atoms with Crippen LogP contribution in [0.1, 0.15) is 177 Å². The Labute approximate surface area is 519 Å². The number of nitrogens with two attached hydrogens (primary N) is 1. The second-order valence-electron chi connectivity index (χ2n) is 27.7. The Kier molecular flexibility index (Phi) is 16.3. The zero-order chi connectivity index (χ0) is 61.4. The van der Waals surface area contributed by atoms with Gasteiger partial charge in [-0.2, -0.15) is 18.6 Å². The van der Waals surface area contributed by atoms with Crippen molar-refractivity contribution in [1.82, 2.24) is 53.8 Å². The Morgan fingerprint density at radius 3 is 1.39 bits per heavy atom. The van der Waals surface area contributed by atoms with Crippen molar-refractivity contribution in [3.05, 3.63) is 94.8 Å². The fourth-order valence-corrected chi connectivity index (χ4v) is 17.8. The van der Waals surface area contributed by atoms with Gasteiger partial charge in [-0.15, -0.1) is 10.2 Å². The number of aromatic nitrogens is 10. The third-order valence-electron chi connectivity index (χ3n) is 20.9. The predicted octanol–water partition coefficient (Wildman–Crippen LogP) is 11.5. The van der Waals surface area contributed by atoms with E-state index in [0.717, 1.165) is 56.4 Å². The molecule has 468 valence electrons. The van der Waals surface area contributed by atoms with Crippen molar-refractivity contribution in [3.63, 3.8) is 0 Å². The monoisotopic (exact) mass is 1270 g/mol. The van der Waals surface area contributed by atoms with Gasteiger partial charge >= 0.3 is 5.97 Å². The maximum atomic E-state index is 12.9. The molecule has 4 N–H and O–H groups in total. The summed E-state index contributed by atoms with van der Waals surface area (Å²) < 4.78 is 68.1. The lowest BCUT2D eigenvalue weighted by Crippen LogP contribution is -2.31. The van der Waals surface area contributed by atoms with E-state index >= 15 is 0 Å². The van der Waals surface area contributed by atoms with Gasteiger partial charge in [-0.05, 0) is 221 Å². The topological polar surface area (TPSA) is 276 Å². The summed E-state index contributed by atoms with van der Waals surface area (Å²) in [6.07, 6.45) is 32.1. The first-order valence-electron chi connectivity index (χ1n) is 30.9. The lowest BCUT2D eigenvalue weighted by atomic mass is 9.89. The Hall–Kier alpha value is -5.88. The predicted molar refractivity (Wildman–Crippen MR) is 325 cm³/mol. The number of ether oxygens (including phenoxy) is 2. The summed E-state index contributed by atoms with van der Waals surface area (Å²) in [5, 5.41) is 30.5. The number of fused-ring (bicyclic) bond motifs is 2. The molecule has 87 heavy (non-hydrogen) atoms. The molecule has 14 rings (SSSR count). The molecule has 6 heterocycles. The minimum absolute atomic E-state index is 0.0264. The second kappa shape index (κ2) is 23.2. The normalized spacial score (nSPS) is 22.3. The molecule has 8 aliphatic rings. The van der Waals surface area contributed by atoms with Crippen LogP contribution in [0.4, 0.5) is 0 Å². The molecule has 1 amide bonds. The number of nitrogens with one attached hydrogen (secondary N) is 1. The highest BCUT2D eigenvalue weighted by Gasteiger charge is 2.86. The number of primary sulfonamides is 1. The molecule has 25 heteroatoms. The van der Waals surface area contributed by atoms with Gasteiger partial charge in [0.25, 0.3) is 26.0 Å².